The summed E-state index contributed by atoms with van der Waals surface area (Å²) >= 11 is 0. The molecule has 0 aromatic heterocycles. The predicted octanol–water partition coefficient (Wildman–Crippen LogP) is 6.82. The Kier molecular flexibility index (Phi) is 4.51. The highest BCUT2D eigenvalue weighted by Gasteiger charge is 2.14. The van der Waals surface area contributed by atoms with Gasteiger partial charge in [-0.1, -0.05) is 78.9 Å². The van der Waals surface area contributed by atoms with Gasteiger partial charge in [0.15, 0.2) is 0 Å². The van der Waals surface area contributed by atoms with Gasteiger partial charge in [-0.15, -0.1) is 0 Å². The second kappa shape index (κ2) is 7.61. The van der Waals surface area contributed by atoms with Crippen LogP contribution in [0.4, 0.5) is 5.69 Å². The SMILES string of the molecule is C1=Nc2ccccc2C1=CC=C1C=C(c2ccccc2)C=C(c2ccccc2)O1. The van der Waals surface area contributed by atoms with Crippen LogP contribution in [0.1, 0.15) is 16.7 Å². The maximum absolute atomic E-state index is 6.23. The molecule has 0 fully saturated rings. The zero-order valence-corrected chi connectivity index (χ0v) is 15.8. The monoisotopic (exact) mass is 373 g/mol. The van der Waals surface area contributed by atoms with Crippen LogP contribution in [-0.2, 0) is 4.74 Å². The molecule has 0 radical (unpaired) electrons. The first-order chi connectivity index (χ1) is 14.4. The fraction of sp³-hybridized carbons (Fsp3) is 0. The van der Waals surface area contributed by atoms with Gasteiger partial charge in [-0.2, -0.15) is 0 Å². The van der Waals surface area contributed by atoms with Crippen LogP contribution in [0.5, 0.6) is 0 Å². The molecule has 0 unspecified atom stereocenters. The Hall–Kier alpha value is -3.91. The van der Waals surface area contributed by atoms with Crippen LogP contribution in [0.15, 0.2) is 120 Å². The summed E-state index contributed by atoms with van der Waals surface area (Å²) in [7, 11) is 0. The van der Waals surface area contributed by atoms with Crippen molar-refractivity contribution < 1.29 is 4.74 Å². The fourth-order valence-corrected chi connectivity index (χ4v) is 3.49. The molecule has 2 aliphatic rings. The van der Waals surface area contributed by atoms with Gasteiger partial charge in [0.1, 0.15) is 11.5 Å². The number of hydrogen-bond donors (Lipinski definition) is 0. The molecule has 2 nitrogen and oxygen atoms in total. The Morgan fingerprint density at radius 1 is 0.655 bits per heavy atom. The molecule has 0 bridgehead atoms. The average molecular weight is 373 g/mol. The third-order valence-corrected chi connectivity index (χ3v) is 4.96. The zero-order valence-electron chi connectivity index (χ0n) is 15.8. The van der Waals surface area contributed by atoms with E-state index in [-0.39, 0.29) is 0 Å². The number of allylic oxidation sites excluding steroid dienone is 6. The summed E-state index contributed by atoms with van der Waals surface area (Å²) < 4.78 is 6.23. The van der Waals surface area contributed by atoms with Crippen molar-refractivity contribution in [2.24, 2.45) is 4.99 Å². The van der Waals surface area contributed by atoms with Crippen molar-refractivity contribution in [3.05, 3.63) is 132 Å². The van der Waals surface area contributed by atoms with E-state index in [4.69, 9.17) is 4.74 Å². The third-order valence-electron chi connectivity index (χ3n) is 4.96. The molecular formula is C27H19NO. The number of nitrogens with zero attached hydrogens (tertiary/aromatic N) is 1. The van der Waals surface area contributed by atoms with Gasteiger partial charge >= 0.3 is 0 Å². The molecular weight excluding hydrogens is 354 g/mol. The number of rotatable bonds is 3. The van der Waals surface area contributed by atoms with Crippen molar-refractivity contribution in [1.82, 2.24) is 0 Å². The molecule has 0 atom stereocenters. The molecule has 29 heavy (non-hydrogen) atoms. The summed E-state index contributed by atoms with van der Waals surface area (Å²) in [5, 5.41) is 0. The average Bonchev–Trinajstić information content (AvgIpc) is 3.22. The summed E-state index contributed by atoms with van der Waals surface area (Å²) in [4.78, 5) is 4.48. The van der Waals surface area contributed by atoms with Gasteiger partial charge in [0.25, 0.3) is 0 Å². The van der Waals surface area contributed by atoms with Crippen LogP contribution in [0, 0.1) is 0 Å². The quantitative estimate of drug-likeness (QED) is 0.493. The van der Waals surface area contributed by atoms with E-state index in [0.29, 0.717) is 0 Å². The minimum absolute atomic E-state index is 0.801. The highest BCUT2D eigenvalue weighted by atomic mass is 16.5. The number of para-hydroxylation sites is 1. The smallest absolute Gasteiger partial charge is 0.135 e. The molecule has 0 saturated heterocycles. The Bertz CT molecular complexity index is 1200. The maximum Gasteiger partial charge on any atom is 0.135 e. The standard InChI is InChI=1S/C27H19NO/c1-3-9-20(10-4-1)23-17-24(29-27(18-23)21-11-5-2-6-12-21)16-15-22-19-28-26-14-8-7-13-25(22)26/h1-19H. The second-order valence-corrected chi connectivity index (χ2v) is 6.91. The van der Waals surface area contributed by atoms with Gasteiger partial charge in [-0.25, -0.2) is 0 Å². The lowest BCUT2D eigenvalue weighted by atomic mass is 10.0. The van der Waals surface area contributed by atoms with Crippen molar-refractivity contribution >= 4 is 28.8 Å². The first-order valence-electron chi connectivity index (χ1n) is 9.64. The van der Waals surface area contributed by atoms with Crippen molar-refractivity contribution in [1.29, 1.82) is 0 Å². The predicted molar refractivity (Wildman–Crippen MR) is 121 cm³/mol. The number of benzene rings is 3. The molecule has 2 heteroatoms. The van der Waals surface area contributed by atoms with Crippen LogP contribution >= 0.6 is 0 Å². The normalized spacial score (nSPS) is 17.7. The van der Waals surface area contributed by atoms with Crippen LogP contribution in [0.2, 0.25) is 0 Å². The van der Waals surface area contributed by atoms with Crippen LogP contribution in [-0.4, -0.2) is 6.21 Å². The molecule has 5 rings (SSSR count). The second-order valence-electron chi connectivity index (χ2n) is 6.91. The molecule has 3 aromatic rings. The molecule has 138 valence electrons. The summed E-state index contributed by atoms with van der Waals surface area (Å²) in [5.74, 6) is 1.65. The lowest BCUT2D eigenvalue weighted by Gasteiger charge is -2.18. The van der Waals surface area contributed by atoms with Crippen molar-refractivity contribution in [2.45, 2.75) is 0 Å². The van der Waals surface area contributed by atoms with E-state index >= 15 is 0 Å². The van der Waals surface area contributed by atoms with Crippen LogP contribution in [0.25, 0.3) is 16.9 Å². The topological polar surface area (TPSA) is 21.6 Å². The first-order valence-corrected chi connectivity index (χ1v) is 9.64. The van der Waals surface area contributed by atoms with E-state index in [1.165, 1.54) is 0 Å². The Balaban J connectivity index is 1.54. The summed E-state index contributed by atoms with van der Waals surface area (Å²) in [6, 6.07) is 28.7. The highest BCUT2D eigenvalue weighted by molar-refractivity contribution is 6.16. The minimum atomic E-state index is 0.801. The number of fused-ring (bicyclic) bond motifs is 1. The van der Waals surface area contributed by atoms with E-state index in [9.17, 15) is 0 Å². The Morgan fingerprint density at radius 2 is 1.34 bits per heavy atom. The number of aliphatic imine (C=N–C) groups is 1. The molecule has 2 heterocycles. The first kappa shape index (κ1) is 17.2. The van der Waals surface area contributed by atoms with E-state index in [1.807, 2.05) is 54.8 Å². The minimum Gasteiger partial charge on any atom is -0.457 e. The van der Waals surface area contributed by atoms with Gasteiger partial charge in [-0.05, 0) is 41.5 Å². The third kappa shape index (κ3) is 3.61. The van der Waals surface area contributed by atoms with Crippen molar-refractivity contribution in [2.75, 3.05) is 0 Å². The van der Waals surface area contributed by atoms with Gasteiger partial charge in [-0.3, -0.25) is 4.99 Å². The number of hydrogen-bond acceptors (Lipinski definition) is 2. The molecule has 0 saturated carbocycles. The highest BCUT2D eigenvalue weighted by Crippen LogP contribution is 2.33. The van der Waals surface area contributed by atoms with Crippen molar-refractivity contribution in [3.63, 3.8) is 0 Å². The Labute approximate surface area is 170 Å². The molecule has 0 amide bonds. The largest absolute Gasteiger partial charge is 0.457 e. The van der Waals surface area contributed by atoms with E-state index in [0.717, 1.165) is 45.0 Å². The van der Waals surface area contributed by atoms with E-state index in [1.54, 1.807) is 0 Å². The lowest BCUT2D eigenvalue weighted by Crippen LogP contribution is -1.99. The summed E-state index contributed by atoms with van der Waals surface area (Å²) in [6.07, 6.45) is 10.2. The van der Waals surface area contributed by atoms with Gasteiger partial charge in [0.2, 0.25) is 0 Å². The molecule has 0 spiro atoms. The zero-order chi connectivity index (χ0) is 19.5. The van der Waals surface area contributed by atoms with Crippen molar-refractivity contribution in [3.8, 4) is 0 Å². The maximum atomic E-state index is 6.23. The fourth-order valence-electron chi connectivity index (χ4n) is 3.49. The van der Waals surface area contributed by atoms with Gasteiger partial charge < -0.3 is 4.74 Å². The molecule has 0 N–H and O–H groups in total. The van der Waals surface area contributed by atoms with Gasteiger partial charge in [0.05, 0.1) is 5.69 Å². The lowest BCUT2D eigenvalue weighted by molar-refractivity contribution is 0.398. The molecule has 2 aliphatic heterocycles. The number of ether oxygens (including phenoxy) is 1. The van der Waals surface area contributed by atoms with E-state index < -0.39 is 0 Å². The Morgan fingerprint density at radius 3 is 2.14 bits per heavy atom. The van der Waals surface area contributed by atoms with E-state index in [2.05, 4.69) is 65.7 Å². The van der Waals surface area contributed by atoms with Crippen LogP contribution < -0.4 is 0 Å². The van der Waals surface area contributed by atoms with Gasteiger partial charge in [0, 0.05) is 22.9 Å². The summed E-state index contributed by atoms with van der Waals surface area (Å²) in [5.41, 5.74) is 6.58. The van der Waals surface area contributed by atoms with Crippen LogP contribution in [0.3, 0.4) is 0 Å². The molecule has 0 aliphatic carbocycles. The molecule has 3 aromatic carbocycles. The summed E-state index contributed by atoms with van der Waals surface area (Å²) in [6.45, 7) is 0.